The largest absolute Gasteiger partial charge is 0.253 e. The van der Waals surface area contributed by atoms with Gasteiger partial charge in [0.1, 0.15) is 0 Å². The Balaban J connectivity index is 0.000000151. The number of fused-ring (bicyclic) bond motifs is 2. The third-order valence-electron chi connectivity index (χ3n) is 4.03. The molecule has 0 spiro atoms. The molecule has 4 aromatic rings. The number of rotatable bonds is 3. The number of pyridine rings is 2. The van der Waals surface area contributed by atoms with Crippen LogP contribution in [0, 0.1) is 0 Å². The highest BCUT2D eigenvalue weighted by atomic mass is 35.5. The van der Waals surface area contributed by atoms with E-state index >= 15 is 0 Å². The van der Waals surface area contributed by atoms with E-state index in [0.29, 0.717) is 5.88 Å². The lowest BCUT2D eigenvalue weighted by Gasteiger charge is -2.03. The minimum atomic E-state index is -0.0235. The van der Waals surface area contributed by atoms with Gasteiger partial charge >= 0.3 is 0 Å². The van der Waals surface area contributed by atoms with E-state index in [1.165, 1.54) is 5.39 Å². The molecular weight excluding hydrogens is 363 g/mol. The van der Waals surface area contributed by atoms with Crippen molar-refractivity contribution < 1.29 is 0 Å². The summed E-state index contributed by atoms with van der Waals surface area (Å²) in [4.78, 5) is 8.92. The first-order chi connectivity index (χ1) is 12.7. The lowest BCUT2D eigenvalue weighted by atomic mass is 10.2. The summed E-state index contributed by atoms with van der Waals surface area (Å²) in [7, 11) is 0. The molecule has 0 radical (unpaired) electrons. The molecule has 0 bridgehead atoms. The predicted molar refractivity (Wildman–Crippen MR) is 112 cm³/mol. The molecule has 1 unspecified atom stereocenters. The monoisotopic (exact) mass is 382 g/mol. The highest BCUT2D eigenvalue weighted by Gasteiger charge is 2.02. The topological polar surface area (TPSA) is 25.8 Å². The summed E-state index contributed by atoms with van der Waals surface area (Å²) >= 11 is 11.6. The Morgan fingerprint density at radius 1 is 0.769 bits per heavy atom. The summed E-state index contributed by atoms with van der Waals surface area (Å²) in [5.74, 6) is 0.630. The average molecular weight is 383 g/mol. The van der Waals surface area contributed by atoms with Crippen molar-refractivity contribution in [2.24, 2.45) is 0 Å². The first kappa shape index (κ1) is 18.6. The molecule has 4 rings (SSSR count). The van der Waals surface area contributed by atoms with Crippen LogP contribution in [0.2, 0.25) is 0 Å². The summed E-state index contributed by atoms with van der Waals surface area (Å²) in [6, 6.07) is 24.3. The first-order valence-corrected chi connectivity index (χ1v) is 9.55. The molecule has 26 heavy (non-hydrogen) atoms. The maximum atomic E-state index is 5.94. The first-order valence-electron chi connectivity index (χ1n) is 8.58. The molecule has 0 N–H and O–H groups in total. The fraction of sp³-hybridized carbons (Fsp3) is 0.182. The number of hydrogen-bond donors (Lipinski definition) is 0. The normalized spacial score (nSPS) is 11.8. The van der Waals surface area contributed by atoms with Crippen molar-refractivity contribution in [1.82, 2.24) is 9.97 Å². The van der Waals surface area contributed by atoms with Gasteiger partial charge in [0, 0.05) is 28.8 Å². The van der Waals surface area contributed by atoms with E-state index in [4.69, 9.17) is 23.2 Å². The number of benzene rings is 2. The van der Waals surface area contributed by atoms with Crippen molar-refractivity contribution in [2.45, 2.75) is 18.7 Å². The van der Waals surface area contributed by atoms with Crippen molar-refractivity contribution in [1.29, 1.82) is 0 Å². The number of halogens is 2. The predicted octanol–water partition coefficient (Wildman–Crippen LogP) is 6.55. The van der Waals surface area contributed by atoms with Crippen molar-refractivity contribution in [2.75, 3.05) is 5.88 Å². The Bertz CT molecular complexity index is 999. The molecule has 0 aliphatic carbocycles. The molecule has 2 heterocycles. The third kappa shape index (κ3) is 4.72. The molecule has 0 saturated heterocycles. The highest BCUT2D eigenvalue weighted by Crippen LogP contribution is 2.20. The van der Waals surface area contributed by atoms with Gasteiger partial charge in [-0.1, -0.05) is 48.5 Å². The molecule has 0 amide bonds. The highest BCUT2D eigenvalue weighted by molar-refractivity contribution is 6.20. The van der Waals surface area contributed by atoms with Crippen molar-refractivity contribution in [3.05, 3.63) is 84.2 Å². The number of alkyl halides is 2. The minimum absolute atomic E-state index is 0.0235. The second kappa shape index (κ2) is 8.98. The minimum Gasteiger partial charge on any atom is -0.253 e. The number of hydrogen-bond acceptors (Lipinski definition) is 2. The summed E-state index contributed by atoms with van der Waals surface area (Å²) in [6.45, 7) is 1.93. The molecule has 0 saturated carbocycles. The number of aromatic nitrogens is 2. The average Bonchev–Trinajstić information content (AvgIpc) is 2.68. The third-order valence-corrected chi connectivity index (χ3v) is 4.45. The molecular formula is C22H20Cl2N2. The van der Waals surface area contributed by atoms with Crippen molar-refractivity contribution in [3.63, 3.8) is 0 Å². The fourth-order valence-corrected chi connectivity index (χ4v) is 2.96. The Labute approximate surface area is 163 Å². The van der Waals surface area contributed by atoms with Crippen LogP contribution in [0.5, 0.6) is 0 Å². The number of nitrogens with zero attached hydrogens (tertiary/aromatic N) is 2. The van der Waals surface area contributed by atoms with Crippen LogP contribution in [-0.4, -0.2) is 15.8 Å². The summed E-state index contributed by atoms with van der Waals surface area (Å²) < 4.78 is 0. The Morgan fingerprint density at radius 3 is 1.96 bits per heavy atom. The van der Waals surface area contributed by atoms with Crippen LogP contribution >= 0.6 is 23.2 Å². The maximum absolute atomic E-state index is 5.94. The van der Waals surface area contributed by atoms with Gasteiger partial charge in [-0.15, -0.1) is 23.2 Å². The standard InChI is InChI=1S/2C11H10ClN/c1-8(12)10-7-6-9-4-2-3-5-11(9)13-10;12-8-7-10-6-5-9-3-1-2-4-11(9)13-10/h2-8H,1H3;1-6H,7-8H2. The van der Waals surface area contributed by atoms with Crippen LogP contribution < -0.4 is 0 Å². The van der Waals surface area contributed by atoms with Crippen molar-refractivity contribution in [3.8, 4) is 0 Å². The van der Waals surface area contributed by atoms with Crippen LogP contribution in [0.25, 0.3) is 21.8 Å². The van der Waals surface area contributed by atoms with E-state index in [0.717, 1.165) is 34.2 Å². The maximum Gasteiger partial charge on any atom is 0.0729 e. The van der Waals surface area contributed by atoms with Crippen LogP contribution in [0.15, 0.2) is 72.8 Å². The number of para-hydroxylation sites is 2. The second-order valence-corrected chi connectivity index (χ2v) is 7.01. The molecule has 2 aromatic heterocycles. The van der Waals surface area contributed by atoms with Gasteiger partial charge in [-0.05, 0) is 31.2 Å². The molecule has 132 valence electrons. The van der Waals surface area contributed by atoms with Gasteiger partial charge in [0.15, 0.2) is 0 Å². The molecule has 2 aromatic carbocycles. The fourth-order valence-electron chi connectivity index (χ4n) is 2.65. The summed E-state index contributed by atoms with van der Waals surface area (Å²) in [5.41, 5.74) is 4.05. The lowest BCUT2D eigenvalue weighted by molar-refractivity contribution is 1.01. The molecule has 0 fully saturated rings. The number of aryl methyl sites for hydroxylation is 1. The van der Waals surface area contributed by atoms with Gasteiger partial charge in [0.2, 0.25) is 0 Å². The zero-order valence-electron chi connectivity index (χ0n) is 14.6. The molecule has 4 heteroatoms. The summed E-state index contributed by atoms with van der Waals surface area (Å²) in [6.07, 6.45) is 0.840. The van der Waals surface area contributed by atoms with Gasteiger partial charge in [-0.25, -0.2) is 0 Å². The van der Waals surface area contributed by atoms with Gasteiger partial charge in [-0.2, -0.15) is 0 Å². The van der Waals surface area contributed by atoms with E-state index in [1.807, 2.05) is 61.5 Å². The van der Waals surface area contributed by atoms with Gasteiger partial charge < -0.3 is 0 Å². The van der Waals surface area contributed by atoms with Gasteiger partial charge in [-0.3, -0.25) is 9.97 Å². The van der Waals surface area contributed by atoms with Gasteiger partial charge in [0.05, 0.1) is 22.1 Å². The smallest absolute Gasteiger partial charge is 0.0729 e. The van der Waals surface area contributed by atoms with Crippen LogP contribution in [-0.2, 0) is 6.42 Å². The SMILES string of the molecule is CC(Cl)c1ccc2ccccc2n1.ClCCc1ccc2ccccc2n1. The Hall–Kier alpha value is -2.16. The Morgan fingerprint density at radius 2 is 1.35 bits per heavy atom. The van der Waals surface area contributed by atoms with Gasteiger partial charge in [0.25, 0.3) is 0 Å². The van der Waals surface area contributed by atoms with Crippen LogP contribution in [0.1, 0.15) is 23.7 Å². The zero-order chi connectivity index (χ0) is 18.4. The van der Waals surface area contributed by atoms with E-state index in [9.17, 15) is 0 Å². The molecule has 0 aliphatic rings. The Kier molecular flexibility index (Phi) is 6.43. The van der Waals surface area contributed by atoms with E-state index < -0.39 is 0 Å². The molecule has 2 nitrogen and oxygen atoms in total. The molecule has 1 atom stereocenters. The quantitative estimate of drug-likeness (QED) is 0.375. The molecule has 0 aliphatic heterocycles. The van der Waals surface area contributed by atoms with Crippen LogP contribution in [0.3, 0.4) is 0 Å². The zero-order valence-corrected chi connectivity index (χ0v) is 16.1. The lowest BCUT2D eigenvalue weighted by Crippen LogP contribution is -1.90. The van der Waals surface area contributed by atoms with E-state index in [2.05, 4.69) is 28.2 Å². The van der Waals surface area contributed by atoms with Crippen LogP contribution in [0.4, 0.5) is 0 Å². The van der Waals surface area contributed by atoms with E-state index in [-0.39, 0.29) is 5.38 Å². The van der Waals surface area contributed by atoms with E-state index in [1.54, 1.807) is 0 Å². The second-order valence-electron chi connectivity index (χ2n) is 5.98. The van der Waals surface area contributed by atoms with Crippen molar-refractivity contribution >= 4 is 45.0 Å². The summed E-state index contributed by atoms with van der Waals surface area (Å²) in [5, 5.41) is 2.31.